The van der Waals surface area contributed by atoms with E-state index in [1.807, 2.05) is 24.3 Å². The summed E-state index contributed by atoms with van der Waals surface area (Å²) in [5, 5.41) is 9.30. The van der Waals surface area contributed by atoms with E-state index in [0.717, 1.165) is 17.7 Å². The molecule has 1 aromatic carbocycles. The van der Waals surface area contributed by atoms with Gasteiger partial charge in [0.25, 0.3) is 0 Å². The van der Waals surface area contributed by atoms with E-state index in [0.29, 0.717) is 32.4 Å². The molecule has 6 nitrogen and oxygen atoms in total. The second-order valence-electron chi connectivity index (χ2n) is 6.84. The number of rotatable bonds is 4. The van der Waals surface area contributed by atoms with Crippen molar-refractivity contribution in [3.63, 3.8) is 0 Å². The summed E-state index contributed by atoms with van der Waals surface area (Å²) >= 11 is 0. The smallest absolute Gasteiger partial charge is 0.308 e. The zero-order valence-corrected chi connectivity index (χ0v) is 14.5. The molecule has 0 saturated carbocycles. The van der Waals surface area contributed by atoms with Crippen LogP contribution in [0, 0.1) is 5.92 Å². The Bertz CT molecular complexity index is 688. The Hall–Kier alpha value is -2.37. The van der Waals surface area contributed by atoms with Crippen LogP contribution in [0.25, 0.3) is 0 Å². The first-order valence-electron chi connectivity index (χ1n) is 8.89. The Balaban J connectivity index is 1.66. The number of piperidine rings is 1. The van der Waals surface area contributed by atoms with Crippen molar-refractivity contribution in [3.8, 4) is 0 Å². The number of para-hydroxylation sites is 1. The van der Waals surface area contributed by atoms with Gasteiger partial charge in [-0.15, -0.1) is 0 Å². The zero-order chi connectivity index (χ0) is 18.0. The number of hydrogen-bond donors (Lipinski definition) is 1. The van der Waals surface area contributed by atoms with Crippen LogP contribution in [0.4, 0.5) is 5.69 Å². The summed E-state index contributed by atoms with van der Waals surface area (Å²) in [6.07, 6.45) is 2.74. The molecule has 0 aromatic heterocycles. The van der Waals surface area contributed by atoms with E-state index in [2.05, 4.69) is 0 Å². The van der Waals surface area contributed by atoms with Crippen molar-refractivity contribution in [2.75, 3.05) is 18.0 Å². The molecule has 2 aliphatic heterocycles. The number of amides is 2. The summed E-state index contributed by atoms with van der Waals surface area (Å²) in [6, 6.07) is 7.49. The molecule has 0 spiro atoms. The second-order valence-corrected chi connectivity index (χ2v) is 6.84. The summed E-state index contributed by atoms with van der Waals surface area (Å²) in [7, 11) is 0. The van der Waals surface area contributed by atoms with Crippen LogP contribution < -0.4 is 4.90 Å². The number of hydrogen-bond acceptors (Lipinski definition) is 3. The van der Waals surface area contributed by atoms with E-state index in [9.17, 15) is 19.5 Å². The number of likely N-dealkylation sites (tertiary alicyclic amines) is 1. The number of carbonyl (C=O) groups is 3. The van der Waals surface area contributed by atoms with Crippen LogP contribution in [0.3, 0.4) is 0 Å². The van der Waals surface area contributed by atoms with Crippen LogP contribution in [0.1, 0.15) is 38.2 Å². The minimum atomic E-state index is -0.842. The van der Waals surface area contributed by atoms with Gasteiger partial charge in [0.2, 0.25) is 11.8 Å². The lowest BCUT2D eigenvalue weighted by Gasteiger charge is -2.38. The third-order valence-corrected chi connectivity index (χ3v) is 5.37. The Morgan fingerprint density at radius 2 is 2.00 bits per heavy atom. The van der Waals surface area contributed by atoms with Gasteiger partial charge in [-0.1, -0.05) is 18.2 Å². The molecule has 0 bridgehead atoms. The minimum Gasteiger partial charge on any atom is -0.481 e. The van der Waals surface area contributed by atoms with E-state index in [-0.39, 0.29) is 24.3 Å². The van der Waals surface area contributed by atoms with Gasteiger partial charge in [0.15, 0.2) is 0 Å². The molecule has 1 saturated heterocycles. The van der Waals surface area contributed by atoms with Gasteiger partial charge in [-0.25, -0.2) is 0 Å². The number of nitrogens with zero attached hydrogens (tertiary/aromatic N) is 2. The fraction of sp³-hybridized carbons (Fsp3) is 0.526. The number of fused-ring (bicyclic) bond motifs is 1. The quantitative estimate of drug-likeness (QED) is 0.907. The van der Waals surface area contributed by atoms with Crippen LogP contribution >= 0.6 is 0 Å². The molecule has 2 heterocycles. The molecule has 134 valence electrons. The third kappa shape index (κ3) is 3.52. The fourth-order valence-electron chi connectivity index (χ4n) is 3.92. The number of carboxylic acids is 1. The number of aliphatic carboxylic acids is 1. The van der Waals surface area contributed by atoms with Gasteiger partial charge in [0, 0.05) is 37.7 Å². The number of carboxylic acid groups (broad SMARTS) is 1. The second kappa shape index (κ2) is 7.25. The van der Waals surface area contributed by atoms with Crippen molar-refractivity contribution in [2.45, 2.75) is 45.1 Å². The van der Waals surface area contributed by atoms with Crippen molar-refractivity contribution in [1.82, 2.24) is 4.90 Å². The van der Waals surface area contributed by atoms with Crippen molar-refractivity contribution in [3.05, 3.63) is 29.8 Å². The van der Waals surface area contributed by atoms with E-state index >= 15 is 0 Å². The van der Waals surface area contributed by atoms with Gasteiger partial charge >= 0.3 is 5.97 Å². The van der Waals surface area contributed by atoms with Gasteiger partial charge in [-0.05, 0) is 37.8 Å². The first-order chi connectivity index (χ1) is 12.0. The molecule has 0 radical (unpaired) electrons. The van der Waals surface area contributed by atoms with Crippen molar-refractivity contribution in [1.29, 1.82) is 0 Å². The predicted octanol–water partition coefficient (Wildman–Crippen LogP) is 2.07. The van der Waals surface area contributed by atoms with E-state index in [4.69, 9.17) is 0 Å². The largest absolute Gasteiger partial charge is 0.481 e. The van der Waals surface area contributed by atoms with Crippen molar-refractivity contribution >= 4 is 23.5 Å². The monoisotopic (exact) mass is 344 g/mol. The summed E-state index contributed by atoms with van der Waals surface area (Å²) in [6.45, 7) is 2.74. The Kier molecular flexibility index (Phi) is 5.06. The Labute approximate surface area is 147 Å². The molecule has 2 aliphatic rings. The maximum absolute atomic E-state index is 12.6. The lowest BCUT2D eigenvalue weighted by Crippen LogP contribution is -2.50. The normalized spacial score (nSPS) is 23.3. The first-order valence-corrected chi connectivity index (χ1v) is 8.89. The molecular weight excluding hydrogens is 320 g/mol. The molecule has 25 heavy (non-hydrogen) atoms. The lowest BCUT2D eigenvalue weighted by atomic mass is 9.90. The number of benzene rings is 1. The van der Waals surface area contributed by atoms with Crippen molar-refractivity contribution in [2.24, 2.45) is 5.92 Å². The molecule has 3 rings (SSSR count). The first kappa shape index (κ1) is 17.5. The maximum Gasteiger partial charge on any atom is 0.308 e. The summed E-state index contributed by atoms with van der Waals surface area (Å²) in [4.78, 5) is 39.6. The molecule has 0 unspecified atom stereocenters. The molecular formula is C19H24N2O4. The van der Waals surface area contributed by atoms with Gasteiger partial charge in [0.05, 0.1) is 5.92 Å². The number of aryl methyl sites for hydroxylation is 1. The summed E-state index contributed by atoms with van der Waals surface area (Å²) in [5.74, 6) is -1.38. The Morgan fingerprint density at radius 3 is 2.76 bits per heavy atom. The highest BCUT2D eigenvalue weighted by Gasteiger charge is 2.35. The van der Waals surface area contributed by atoms with E-state index in [1.165, 1.54) is 0 Å². The molecule has 1 N–H and O–H groups in total. The van der Waals surface area contributed by atoms with Gasteiger partial charge in [-0.2, -0.15) is 0 Å². The van der Waals surface area contributed by atoms with E-state index < -0.39 is 11.9 Å². The fourth-order valence-corrected chi connectivity index (χ4v) is 3.92. The molecule has 2 amide bonds. The van der Waals surface area contributed by atoms with Crippen LogP contribution in [0.15, 0.2) is 24.3 Å². The van der Waals surface area contributed by atoms with E-state index in [1.54, 1.807) is 16.7 Å². The van der Waals surface area contributed by atoms with Crippen LogP contribution in [-0.2, 0) is 20.8 Å². The molecule has 2 atom stereocenters. The molecule has 1 aromatic rings. The van der Waals surface area contributed by atoms with Gasteiger partial charge in [-0.3, -0.25) is 14.4 Å². The topological polar surface area (TPSA) is 77.9 Å². The van der Waals surface area contributed by atoms with Crippen molar-refractivity contribution < 1.29 is 19.5 Å². The minimum absolute atomic E-state index is 0.0432. The molecule has 0 aliphatic carbocycles. The van der Waals surface area contributed by atoms with Crippen LogP contribution in [0.5, 0.6) is 0 Å². The highest BCUT2D eigenvalue weighted by atomic mass is 16.4. The van der Waals surface area contributed by atoms with Crippen LogP contribution in [-0.4, -0.2) is 46.9 Å². The standard InChI is InChI=1S/C19H24N2O4/c1-13-15(19(24)25)6-4-11-20(13)18(23)10-12-21-16-7-3-2-5-14(16)8-9-17(21)22/h2-3,5,7,13,15H,4,6,8-12H2,1H3,(H,24,25)/t13-,15-/m1/s1. The third-order valence-electron chi connectivity index (χ3n) is 5.37. The average Bonchev–Trinajstić information content (AvgIpc) is 2.60. The van der Waals surface area contributed by atoms with Crippen LogP contribution in [0.2, 0.25) is 0 Å². The molecule has 6 heteroatoms. The number of carbonyl (C=O) groups excluding carboxylic acids is 2. The summed E-state index contributed by atoms with van der Waals surface area (Å²) in [5.41, 5.74) is 2.02. The lowest BCUT2D eigenvalue weighted by molar-refractivity contribution is -0.149. The highest BCUT2D eigenvalue weighted by Crippen LogP contribution is 2.28. The number of anilines is 1. The van der Waals surface area contributed by atoms with Gasteiger partial charge in [0.1, 0.15) is 0 Å². The predicted molar refractivity (Wildman–Crippen MR) is 93.3 cm³/mol. The van der Waals surface area contributed by atoms with Gasteiger partial charge < -0.3 is 14.9 Å². The SMILES string of the molecule is C[C@@H]1[C@H](C(=O)O)CCCN1C(=O)CCN1C(=O)CCc2ccccc21. The highest BCUT2D eigenvalue weighted by molar-refractivity contribution is 5.97. The summed E-state index contributed by atoms with van der Waals surface area (Å²) < 4.78 is 0. The Morgan fingerprint density at radius 1 is 1.24 bits per heavy atom. The zero-order valence-electron chi connectivity index (χ0n) is 14.5. The average molecular weight is 344 g/mol. The maximum atomic E-state index is 12.6. The molecule has 1 fully saturated rings.